The van der Waals surface area contributed by atoms with Crippen LogP contribution >= 0.6 is 0 Å². The van der Waals surface area contributed by atoms with Crippen molar-refractivity contribution in [3.05, 3.63) is 84.6 Å². The van der Waals surface area contributed by atoms with Gasteiger partial charge in [0.2, 0.25) is 0 Å². The standard InChI is InChI=1S/C25H30N4O3/c1-4-28(25(32)29(26)18(2)3)22-12-10-19(11-13-22)20-14-16-27(17-15-20)23(24(30)31)21-8-6-5-7-9-21/h4-14,18,23H,1,15-17,26H2,2-3H3,(H,30,31). The molecule has 0 fully saturated rings. The number of urea groups is 1. The molecule has 7 heteroatoms. The Hall–Kier alpha value is -3.42. The van der Waals surface area contributed by atoms with Crippen molar-refractivity contribution in [1.29, 1.82) is 0 Å². The van der Waals surface area contributed by atoms with Crippen LogP contribution in [-0.4, -0.2) is 46.1 Å². The molecule has 0 bridgehead atoms. The Balaban J connectivity index is 1.73. The van der Waals surface area contributed by atoms with Crippen LogP contribution in [0.5, 0.6) is 0 Å². The molecule has 1 atom stereocenters. The third-order valence-corrected chi connectivity index (χ3v) is 5.64. The summed E-state index contributed by atoms with van der Waals surface area (Å²) in [7, 11) is 0. The van der Waals surface area contributed by atoms with Gasteiger partial charge in [-0.2, -0.15) is 0 Å². The summed E-state index contributed by atoms with van der Waals surface area (Å²) in [4.78, 5) is 27.9. The molecule has 168 valence electrons. The Morgan fingerprint density at radius 1 is 1.12 bits per heavy atom. The number of aliphatic carboxylic acids is 1. The molecule has 1 aliphatic rings. The van der Waals surface area contributed by atoms with E-state index < -0.39 is 12.0 Å². The number of carbonyl (C=O) groups is 2. The highest BCUT2D eigenvalue weighted by Crippen LogP contribution is 2.29. The van der Waals surface area contributed by atoms with Gasteiger partial charge >= 0.3 is 12.0 Å². The molecule has 3 N–H and O–H groups in total. The number of hydrazine groups is 1. The summed E-state index contributed by atoms with van der Waals surface area (Å²) >= 11 is 0. The van der Waals surface area contributed by atoms with Crippen molar-refractivity contribution in [1.82, 2.24) is 9.91 Å². The number of hydrogen-bond donors (Lipinski definition) is 2. The molecule has 0 aromatic heterocycles. The van der Waals surface area contributed by atoms with Crippen LogP contribution < -0.4 is 10.7 Å². The number of carbonyl (C=O) groups excluding carboxylic acids is 1. The average Bonchev–Trinajstić information content (AvgIpc) is 2.80. The van der Waals surface area contributed by atoms with Crippen LogP contribution in [0.15, 0.2) is 73.5 Å². The maximum absolute atomic E-state index is 12.6. The maximum atomic E-state index is 12.6. The fourth-order valence-electron chi connectivity index (χ4n) is 3.80. The first kappa shape index (κ1) is 23.2. The summed E-state index contributed by atoms with van der Waals surface area (Å²) in [6, 6.07) is 15.8. The van der Waals surface area contributed by atoms with E-state index in [-0.39, 0.29) is 12.1 Å². The van der Waals surface area contributed by atoms with Gasteiger partial charge in [-0.05, 0) is 49.1 Å². The lowest BCUT2D eigenvalue weighted by Gasteiger charge is -2.32. The van der Waals surface area contributed by atoms with Crippen molar-refractivity contribution in [3.63, 3.8) is 0 Å². The summed E-state index contributed by atoms with van der Waals surface area (Å²) in [5, 5.41) is 10.9. The lowest BCUT2D eigenvalue weighted by Crippen LogP contribution is -2.48. The minimum atomic E-state index is -0.845. The fourth-order valence-corrected chi connectivity index (χ4v) is 3.80. The summed E-state index contributed by atoms with van der Waals surface area (Å²) in [6.07, 6.45) is 4.27. The molecule has 2 amide bonds. The Morgan fingerprint density at radius 3 is 2.28 bits per heavy atom. The van der Waals surface area contributed by atoms with Gasteiger partial charge in [0.15, 0.2) is 0 Å². The van der Waals surface area contributed by atoms with E-state index in [0.717, 1.165) is 23.1 Å². The van der Waals surface area contributed by atoms with E-state index in [0.29, 0.717) is 18.8 Å². The maximum Gasteiger partial charge on any atom is 0.342 e. The van der Waals surface area contributed by atoms with Crippen LogP contribution in [0, 0.1) is 0 Å². The third kappa shape index (κ3) is 5.07. The van der Waals surface area contributed by atoms with Gasteiger partial charge < -0.3 is 5.11 Å². The van der Waals surface area contributed by atoms with E-state index in [4.69, 9.17) is 5.84 Å². The summed E-state index contributed by atoms with van der Waals surface area (Å²) < 4.78 is 0. The van der Waals surface area contributed by atoms with Gasteiger partial charge in [0, 0.05) is 25.3 Å². The number of carboxylic acid groups (broad SMARTS) is 1. The molecule has 1 aliphatic heterocycles. The molecule has 3 rings (SSSR count). The number of rotatable bonds is 7. The molecule has 0 saturated heterocycles. The molecule has 0 radical (unpaired) electrons. The van der Waals surface area contributed by atoms with Crippen molar-refractivity contribution in [3.8, 4) is 0 Å². The first-order valence-corrected chi connectivity index (χ1v) is 10.6. The number of nitrogens with zero attached hydrogens (tertiary/aromatic N) is 3. The first-order chi connectivity index (χ1) is 15.3. The van der Waals surface area contributed by atoms with Gasteiger partial charge in [0.1, 0.15) is 6.04 Å². The molecule has 7 nitrogen and oxygen atoms in total. The van der Waals surface area contributed by atoms with Gasteiger partial charge in [-0.15, -0.1) is 0 Å². The van der Waals surface area contributed by atoms with Gasteiger partial charge in [-0.25, -0.2) is 10.6 Å². The Labute approximate surface area is 189 Å². The van der Waals surface area contributed by atoms with Crippen LogP contribution in [0.2, 0.25) is 0 Å². The quantitative estimate of drug-likeness (QED) is 0.386. The van der Waals surface area contributed by atoms with Crippen LogP contribution in [0.1, 0.15) is 37.4 Å². The Kier molecular flexibility index (Phi) is 7.45. The molecule has 2 aromatic carbocycles. The predicted octanol–water partition coefficient (Wildman–Crippen LogP) is 4.26. The lowest BCUT2D eigenvalue weighted by atomic mass is 9.96. The predicted molar refractivity (Wildman–Crippen MR) is 127 cm³/mol. The number of nitrogens with two attached hydrogens (primary N) is 1. The topological polar surface area (TPSA) is 90.1 Å². The van der Waals surface area contributed by atoms with Gasteiger partial charge in [0.05, 0.1) is 5.69 Å². The Bertz CT molecular complexity index is 986. The van der Waals surface area contributed by atoms with Crippen molar-refractivity contribution >= 4 is 23.3 Å². The van der Waals surface area contributed by atoms with Crippen LogP contribution in [-0.2, 0) is 4.79 Å². The number of anilines is 1. The Morgan fingerprint density at radius 2 is 1.78 bits per heavy atom. The molecule has 2 aromatic rings. The van der Waals surface area contributed by atoms with Crippen LogP contribution in [0.25, 0.3) is 5.57 Å². The summed E-state index contributed by atoms with van der Waals surface area (Å²) in [5.41, 5.74) is 3.66. The van der Waals surface area contributed by atoms with Crippen molar-refractivity contribution in [2.45, 2.75) is 32.4 Å². The second-order valence-corrected chi connectivity index (χ2v) is 8.01. The highest BCUT2D eigenvalue weighted by Gasteiger charge is 2.28. The number of benzene rings is 2. The summed E-state index contributed by atoms with van der Waals surface area (Å²) in [5.74, 6) is 5.01. The average molecular weight is 435 g/mol. The van der Waals surface area contributed by atoms with Crippen molar-refractivity contribution < 1.29 is 14.7 Å². The van der Waals surface area contributed by atoms with E-state index >= 15 is 0 Å². The molecular weight excluding hydrogens is 404 g/mol. The van der Waals surface area contributed by atoms with Crippen molar-refractivity contribution in [2.24, 2.45) is 5.84 Å². The van der Waals surface area contributed by atoms with E-state index in [2.05, 4.69) is 12.7 Å². The molecule has 32 heavy (non-hydrogen) atoms. The van der Waals surface area contributed by atoms with E-state index in [1.165, 1.54) is 16.1 Å². The molecular formula is C25H30N4O3. The van der Waals surface area contributed by atoms with Gasteiger partial charge in [0.25, 0.3) is 0 Å². The number of carboxylic acids is 1. The largest absolute Gasteiger partial charge is 0.480 e. The highest BCUT2D eigenvalue weighted by molar-refractivity contribution is 5.93. The number of hydrogen-bond acceptors (Lipinski definition) is 4. The minimum absolute atomic E-state index is 0.134. The van der Waals surface area contributed by atoms with E-state index in [9.17, 15) is 14.7 Å². The zero-order valence-corrected chi connectivity index (χ0v) is 18.5. The monoisotopic (exact) mass is 434 g/mol. The van der Waals surface area contributed by atoms with E-state index in [1.807, 2.05) is 73.3 Å². The van der Waals surface area contributed by atoms with E-state index in [1.54, 1.807) is 0 Å². The van der Waals surface area contributed by atoms with Gasteiger partial charge in [-0.3, -0.25) is 19.6 Å². The normalized spacial score (nSPS) is 15.1. The smallest absolute Gasteiger partial charge is 0.342 e. The van der Waals surface area contributed by atoms with Crippen LogP contribution in [0.4, 0.5) is 10.5 Å². The second-order valence-electron chi connectivity index (χ2n) is 8.01. The second kappa shape index (κ2) is 10.3. The third-order valence-electron chi connectivity index (χ3n) is 5.64. The molecule has 1 heterocycles. The molecule has 0 saturated carbocycles. The molecule has 0 aliphatic carbocycles. The fraction of sp³-hybridized carbons (Fsp3) is 0.280. The van der Waals surface area contributed by atoms with Crippen LogP contribution in [0.3, 0.4) is 0 Å². The minimum Gasteiger partial charge on any atom is -0.480 e. The first-order valence-electron chi connectivity index (χ1n) is 10.6. The molecule has 0 spiro atoms. The SMILES string of the molecule is C=CN(C(=O)N(N)C(C)C)c1ccc(C2=CCN(C(C(=O)O)c3ccccc3)CC2)cc1. The zero-order chi connectivity index (χ0) is 23.3. The molecule has 1 unspecified atom stereocenters. The van der Waals surface area contributed by atoms with Gasteiger partial charge in [-0.1, -0.05) is 55.1 Å². The highest BCUT2D eigenvalue weighted by atomic mass is 16.4. The lowest BCUT2D eigenvalue weighted by molar-refractivity contribution is -0.143. The number of amides is 2. The van der Waals surface area contributed by atoms with Crippen molar-refractivity contribution in [2.75, 3.05) is 18.0 Å². The zero-order valence-electron chi connectivity index (χ0n) is 18.5. The summed E-state index contributed by atoms with van der Waals surface area (Å²) in [6.45, 7) is 8.62.